The second kappa shape index (κ2) is 5.16. The maximum atomic E-state index is 8.76. The van der Waals surface area contributed by atoms with Crippen molar-refractivity contribution in [2.45, 2.75) is 32.9 Å². The van der Waals surface area contributed by atoms with Gasteiger partial charge in [-0.2, -0.15) is 5.26 Å². The first-order valence-electron chi connectivity index (χ1n) is 6.01. The first-order chi connectivity index (χ1) is 8.99. The number of pyridine rings is 1. The fourth-order valence-corrected chi connectivity index (χ4v) is 1.55. The molecular weight excluding hydrogens is 240 g/mol. The molecule has 0 radical (unpaired) electrons. The van der Waals surface area contributed by atoms with E-state index in [9.17, 15) is 0 Å². The van der Waals surface area contributed by atoms with Gasteiger partial charge in [0.05, 0.1) is 0 Å². The molecule has 0 atom stereocenters. The van der Waals surface area contributed by atoms with Crippen molar-refractivity contribution in [3.8, 4) is 11.9 Å². The van der Waals surface area contributed by atoms with Crippen LogP contribution in [0.1, 0.15) is 32.2 Å². The molecule has 0 unspecified atom stereocenters. The van der Waals surface area contributed by atoms with Gasteiger partial charge in [0.25, 0.3) is 5.82 Å². The lowest BCUT2D eigenvalue weighted by atomic mass is 10.1. The van der Waals surface area contributed by atoms with Crippen LogP contribution >= 0.6 is 0 Å². The lowest BCUT2D eigenvalue weighted by Gasteiger charge is -2.21. The predicted molar refractivity (Wildman–Crippen MR) is 70.5 cm³/mol. The summed E-state index contributed by atoms with van der Waals surface area (Å²) in [7, 11) is 0. The Bertz CT molecular complexity index is 602. The number of rotatable bonds is 3. The maximum absolute atomic E-state index is 8.76. The Kier molecular flexibility index (Phi) is 3.58. The van der Waals surface area contributed by atoms with Gasteiger partial charge in [0.15, 0.2) is 5.82 Å². The molecule has 0 aliphatic rings. The maximum Gasteiger partial charge on any atom is 0.252 e. The van der Waals surface area contributed by atoms with E-state index in [0.29, 0.717) is 12.4 Å². The minimum Gasteiger partial charge on any atom is -0.308 e. The summed E-state index contributed by atoms with van der Waals surface area (Å²) in [6, 6.07) is 5.77. The van der Waals surface area contributed by atoms with Gasteiger partial charge in [-0.05, 0) is 26.8 Å². The average molecular weight is 256 g/mol. The lowest BCUT2D eigenvalue weighted by Crippen LogP contribution is -2.35. The molecule has 0 saturated carbocycles. The van der Waals surface area contributed by atoms with Gasteiger partial charge in [-0.15, -0.1) is 5.10 Å². The predicted octanol–water partition coefficient (Wildman–Crippen LogP) is 1.42. The van der Waals surface area contributed by atoms with Crippen LogP contribution in [-0.2, 0) is 6.54 Å². The SMILES string of the molecule is CC(C)(C)NCc1cccnc1-n1cnc(C#N)n1. The summed E-state index contributed by atoms with van der Waals surface area (Å²) in [5.41, 5.74) is 1.03. The Balaban J connectivity index is 2.28. The Morgan fingerprint density at radius 1 is 1.37 bits per heavy atom. The van der Waals surface area contributed by atoms with E-state index in [2.05, 4.69) is 41.2 Å². The molecule has 1 N–H and O–H groups in total. The summed E-state index contributed by atoms with van der Waals surface area (Å²) in [5.74, 6) is 0.827. The summed E-state index contributed by atoms with van der Waals surface area (Å²) in [4.78, 5) is 8.20. The highest BCUT2D eigenvalue weighted by atomic mass is 15.4. The van der Waals surface area contributed by atoms with E-state index in [1.54, 1.807) is 6.20 Å². The van der Waals surface area contributed by atoms with Crippen molar-refractivity contribution in [2.24, 2.45) is 0 Å². The molecule has 0 bridgehead atoms. The van der Waals surface area contributed by atoms with Crippen LogP contribution < -0.4 is 5.32 Å². The van der Waals surface area contributed by atoms with Gasteiger partial charge in [0.2, 0.25) is 0 Å². The summed E-state index contributed by atoms with van der Waals surface area (Å²) in [5, 5.41) is 16.2. The summed E-state index contributed by atoms with van der Waals surface area (Å²) < 4.78 is 1.53. The van der Waals surface area contributed by atoms with Crippen LogP contribution in [0.25, 0.3) is 5.82 Å². The van der Waals surface area contributed by atoms with E-state index < -0.39 is 0 Å². The van der Waals surface area contributed by atoms with Gasteiger partial charge in [-0.3, -0.25) is 0 Å². The molecule has 2 heterocycles. The molecule has 2 aromatic heterocycles. The monoisotopic (exact) mass is 256 g/mol. The van der Waals surface area contributed by atoms with Crippen molar-refractivity contribution in [1.82, 2.24) is 25.1 Å². The third-order valence-corrected chi connectivity index (χ3v) is 2.49. The van der Waals surface area contributed by atoms with Gasteiger partial charge in [-0.1, -0.05) is 6.07 Å². The molecule has 0 fully saturated rings. The number of nitrogens with one attached hydrogen (secondary N) is 1. The molecule has 19 heavy (non-hydrogen) atoms. The van der Waals surface area contributed by atoms with E-state index in [-0.39, 0.29) is 11.4 Å². The minimum atomic E-state index is 0.0211. The number of hydrogen-bond acceptors (Lipinski definition) is 5. The zero-order valence-corrected chi connectivity index (χ0v) is 11.3. The fourth-order valence-electron chi connectivity index (χ4n) is 1.55. The van der Waals surface area contributed by atoms with Gasteiger partial charge in [0, 0.05) is 23.8 Å². The molecule has 0 spiro atoms. The summed E-state index contributed by atoms with van der Waals surface area (Å²) >= 11 is 0. The van der Waals surface area contributed by atoms with Crippen molar-refractivity contribution in [1.29, 1.82) is 5.26 Å². The molecule has 98 valence electrons. The Hall–Kier alpha value is -2.26. The fraction of sp³-hybridized carbons (Fsp3) is 0.385. The molecule has 0 saturated heterocycles. The highest BCUT2D eigenvalue weighted by molar-refractivity contribution is 5.32. The molecule has 6 nitrogen and oxygen atoms in total. The van der Waals surface area contributed by atoms with Crippen molar-refractivity contribution in [3.63, 3.8) is 0 Å². The molecule has 2 rings (SSSR count). The van der Waals surface area contributed by atoms with Gasteiger partial charge in [0.1, 0.15) is 12.4 Å². The third kappa shape index (κ3) is 3.36. The molecule has 0 aliphatic carbocycles. The van der Waals surface area contributed by atoms with Crippen LogP contribution in [-0.4, -0.2) is 25.3 Å². The first-order valence-corrected chi connectivity index (χ1v) is 6.01. The molecule has 0 amide bonds. The second-order valence-corrected chi connectivity index (χ2v) is 5.21. The summed E-state index contributed by atoms with van der Waals surface area (Å²) in [6.45, 7) is 6.99. The quantitative estimate of drug-likeness (QED) is 0.898. The Morgan fingerprint density at radius 3 is 2.79 bits per heavy atom. The molecule has 6 heteroatoms. The van der Waals surface area contributed by atoms with Crippen molar-refractivity contribution in [2.75, 3.05) is 0 Å². The second-order valence-electron chi connectivity index (χ2n) is 5.21. The van der Waals surface area contributed by atoms with Crippen molar-refractivity contribution in [3.05, 3.63) is 36.0 Å². The number of nitriles is 1. The van der Waals surface area contributed by atoms with E-state index in [1.165, 1.54) is 11.0 Å². The number of hydrogen-bond donors (Lipinski definition) is 1. The molecular formula is C13H16N6. The zero-order chi connectivity index (χ0) is 13.9. The highest BCUT2D eigenvalue weighted by Gasteiger charge is 2.12. The summed E-state index contributed by atoms with van der Waals surface area (Å²) in [6.07, 6.45) is 3.20. The highest BCUT2D eigenvalue weighted by Crippen LogP contribution is 2.11. The standard InChI is InChI=1S/C13H16N6/c1-13(2,3)17-8-10-5-4-6-15-12(10)19-9-16-11(7-14)18-19/h4-6,9,17H,8H2,1-3H3. The van der Waals surface area contributed by atoms with Crippen LogP contribution in [0, 0.1) is 11.3 Å². The third-order valence-electron chi connectivity index (χ3n) is 2.49. The molecule has 0 aliphatic heterocycles. The van der Waals surface area contributed by atoms with Crippen LogP contribution in [0.15, 0.2) is 24.7 Å². The smallest absolute Gasteiger partial charge is 0.252 e. The van der Waals surface area contributed by atoms with Crippen LogP contribution in [0.3, 0.4) is 0 Å². The average Bonchev–Trinajstić information content (AvgIpc) is 2.84. The van der Waals surface area contributed by atoms with Crippen LogP contribution in [0.5, 0.6) is 0 Å². The zero-order valence-electron chi connectivity index (χ0n) is 11.3. The van der Waals surface area contributed by atoms with E-state index in [4.69, 9.17) is 5.26 Å². The Morgan fingerprint density at radius 2 is 2.16 bits per heavy atom. The number of aromatic nitrogens is 4. The van der Waals surface area contributed by atoms with E-state index >= 15 is 0 Å². The van der Waals surface area contributed by atoms with Gasteiger partial charge >= 0.3 is 0 Å². The van der Waals surface area contributed by atoms with Crippen molar-refractivity contribution < 1.29 is 0 Å². The largest absolute Gasteiger partial charge is 0.308 e. The molecule has 2 aromatic rings. The van der Waals surface area contributed by atoms with E-state index in [0.717, 1.165) is 5.56 Å². The van der Waals surface area contributed by atoms with Gasteiger partial charge < -0.3 is 5.32 Å². The Labute approximate surface area is 112 Å². The van der Waals surface area contributed by atoms with Crippen LogP contribution in [0.4, 0.5) is 0 Å². The normalized spacial score (nSPS) is 11.3. The minimum absolute atomic E-state index is 0.0211. The van der Waals surface area contributed by atoms with Gasteiger partial charge in [-0.25, -0.2) is 14.6 Å². The van der Waals surface area contributed by atoms with Crippen LogP contribution in [0.2, 0.25) is 0 Å². The van der Waals surface area contributed by atoms with Crippen molar-refractivity contribution >= 4 is 0 Å². The number of nitrogens with zero attached hydrogens (tertiary/aromatic N) is 5. The molecule has 0 aromatic carbocycles. The first kappa shape index (κ1) is 13.2. The lowest BCUT2D eigenvalue weighted by molar-refractivity contribution is 0.423. The topological polar surface area (TPSA) is 79.4 Å². The van der Waals surface area contributed by atoms with E-state index in [1.807, 2.05) is 18.2 Å².